The van der Waals surface area contributed by atoms with E-state index < -0.39 is 0 Å². The molecule has 0 aliphatic heterocycles. The van der Waals surface area contributed by atoms with E-state index in [-0.39, 0.29) is 5.91 Å². The summed E-state index contributed by atoms with van der Waals surface area (Å²) < 4.78 is 0. The van der Waals surface area contributed by atoms with Crippen LogP contribution in [0.1, 0.15) is 44.1 Å². The highest BCUT2D eigenvalue weighted by Gasteiger charge is 2.13. The van der Waals surface area contributed by atoms with Gasteiger partial charge in [0.25, 0.3) is 0 Å². The predicted octanol–water partition coefficient (Wildman–Crippen LogP) is 4.85. The van der Waals surface area contributed by atoms with Gasteiger partial charge in [-0.2, -0.15) is 0 Å². The third-order valence-corrected chi connectivity index (χ3v) is 4.31. The molecule has 1 aliphatic carbocycles. The fourth-order valence-corrected chi connectivity index (χ4v) is 2.77. The average molecular weight is 312 g/mol. The van der Waals surface area contributed by atoms with E-state index in [2.05, 4.69) is 5.32 Å². The van der Waals surface area contributed by atoms with Crippen molar-refractivity contribution >= 4 is 35.2 Å². The van der Waals surface area contributed by atoms with Crippen molar-refractivity contribution in [1.82, 2.24) is 5.32 Å². The normalized spacial score (nSPS) is 17.1. The van der Waals surface area contributed by atoms with Crippen molar-refractivity contribution in [2.75, 3.05) is 0 Å². The summed E-state index contributed by atoms with van der Waals surface area (Å²) in [4.78, 5) is 11.9. The molecule has 1 fully saturated rings. The second-order valence-corrected chi connectivity index (χ2v) is 6.02. The fraction of sp³-hybridized carbons (Fsp3) is 0.438. The molecule has 0 saturated heterocycles. The third-order valence-electron chi connectivity index (χ3n) is 3.57. The van der Waals surface area contributed by atoms with E-state index in [1.807, 2.05) is 6.07 Å². The van der Waals surface area contributed by atoms with Crippen LogP contribution in [0, 0.1) is 0 Å². The Morgan fingerprint density at radius 3 is 2.45 bits per heavy atom. The van der Waals surface area contributed by atoms with Gasteiger partial charge in [0.15, 0.2) is 0 Å². The van der Waals surface area contributed by atoms with E-state index in [0.717, 1.165) is 18.4 Å². The second-order valence-electron chi connectivity index (χ2n) is 5.20. The maximum absolute atomic E-state index is 11.9. The van der Waals surface area contributed by atoms with Crippen molar-refractivity contribution in [3.05, 3.63) is 39.9 Å². The zero-order valence-electron chi connectivity index (χ0n) is 11.4. The molecule has 1 N–H and O–H groups in total. The van der Waals surface area contributed by atoms with Crippen LogP contribution in [0.25, 0.3) is 6.08 Å². The summed E-state index contributed by atoms with van der Waals surface area (Å²) in [5.74, 6) is -0.0389. The van der Waals surface area contributed by atoms with Gasteiger partial charge in [0, 0.05) is 12.1 Å². The Morgan fingerprint density at radius 2 is 1.80 bits per heavy atom. The zero-order chi connectivity index (χ0) is 14.4. The lowest BCUT2D eigenvalue weighted by atomic mass is 10.1. The molecule has 4 heteroatoms. The van der Waals surface area contributed by atoms with Gasteiger partial charge >= 0.3 is 0 Å². The number of benzene rings is 1. The minimum atomic E-state index is -0.0389. The first-order valence-electron chi connectivity index (χ1n) is 7.09. The smallest absolute Gasteiger partial charge is 0.244 e. The van der Waals surface area contributed by atoms with E-state index >= 15 is 0 Å². The summed E-state index contributed by atoms with van der Waals surface area (Å²) in [6.07, 6.45) is 10.5. The maximum atomic E-state index is 11.9. The zero-order valence-corrected chi connectivity index (χ0v) is 12.9. The lowest BCUT2D eigenvalue weighted by molar-refractivity contribution is -0.117. The second kappa shape index (κ2) is 7.70. The van der Waals surface area contributed by atoms with E-state index in [1.54, 1.807) is 24.3 Å². The fourth-order valence-electron chi connectivity index (χ4n) is 2.46. The Hall–Kier alpha value is -0.990. The molecule has 0 unspecified atom stereocenters. The van der Waals surface area contributed by atoms with Gasteiger partial charge in [0.1, 0.15) is 0 Å². The van der Waals surface area contributed by atoms with Crippen molar-refractivity contribution in [1.29, 1.82) is 0 Å². The third kappa shape index (κ3) is 4.84. The summed E-state index contributed by atoms with van der Waals surface area (Å²) in [6, 6.07) is 5.64. The maximum Gasteiger partial charge on any atom is 0.244 e. The molecule has 0 spiro atoms. The molecule has 1 aromatic rings. The molecule has 0 aromatic heterocycles. The Kier molecular flexibility index (Phi) is 5.93. The Bertz CT molecular complexity index is 491. The van der Waals surface area contributed by atoms with Gasteiger partial charge in [-0.3, -0.25) is 4.79 Å². The Labute approximate surface area is 130 Å². The summed E-state index contributed by atoms with van der Waals surface area (Å²) in [5.41, 5.74) is 0.871. The van der Waals surface area contributed by atoms with Gasteiger partial charge in [-0.1, -0.05) is 55.0 Å². The summed E-state index contributed by atoms with van der Waals surface area (Å²) in [7, 11) is 0. The SMILES string of the molecule is O=C(/C=C/c1ccc(Cl)c(Cl)c1)NC1CCCCCC1. The summed E-state index contributed by atoms with van der Waals surface area (Å²) in [6.45, 7) is 0. The quantitative estimate of drug-likeness (QED) is 0.627. The number of halogens is 2. The van der Waals surface area contributed by atoms with Gasteiger partial charge in [-0.15, -0.1) is 0 Å². The van der Waals surface area contributed by atoms with E-state index in [4.69, 9.17) is 23.2 Å². The van der Waals surface area contributed by atoms with E-state index in [1.165, 1.54) is 25.7 Å². The van der Waals surface area contributed by atoms with Crippen molar-refractivity contribution in [2.24, 2.45) is 0 Å². The Balaban J connectivity index is 1.89. The van der Waals surface area contributed by atoms with Gasteiger partial charge < -0.3 is 5.32 Å². The van der Waals surface area contributed by atoms with Crippen LogP contribution in [0.3, 0.4) is 0 Å². The van der Waals surface area contributed by atoms with Gasteiger partial charge in [-0.25, -0.2) is 0 Å². The highest BCUT2D eigenvalue weighted by Crippen LogP contribution is 2.23. The highest BCUT2D eigenvalue weighted by atomic mass is 35.5. The molecule has 2 rings (SSSR count). The topological polar surface area (TPSA) is 29.1 Å². The average Bonchev–Trinajstić information content (AvgIpc) is 2.69. The number of amides is 1. The molecule has 1 saturated carbocycles. The number of carbonyl (C=O) groups excluding carboxylic acids is 1. The Morgan fingerprint density at radius 1 is 1.10 bits per heavy atom. The van der Waals surface area contributed by atoms with Crippen molar-refractivity contribution < 1.29 is 4.79 Å². The molecule has 1 amide bonds. The molecule has 20 heavy (non-hydrogen) atoms. The van der Waals surface area contributed by atoms with Crippen molar-refractivity contribution in [3.8, 4) is 0 Å². The number of hydrogen-bond acceptors (Lipinski definition) is 1. The largest absolute Gasteiger partial charge is 0.350 e. The molecule has 0 radical (unpaired) electrons. The lowest BCUT2D eigenvalue weighted by Crippen LogP contribution is -2.33. The lowest BCUT2D eigenvalue weighted by Gasteiger charge is -2.14. The molecule has 0 heterocycles. The van der Waals surface area contributed by atoms with Crippen molar-refractivity contribution in [3.63, 3.8) is 0 Å². The molecule has 1 aliphatic rings. The minimum Gasteiger partial charge on any atom is -0.350 e. The van der Waals surface area contributed by atoms with Gasteiger partial charge in [0.05, 0.1) is 10.0 Å². The van der Waals surface area contributed by atoms with Crippen LogP contribution in [0.4, 0.5) is 0 Å². The summed E-state index contributed by atoms with van der Waals surface area (Å²) >= 11 is 11.8. The monoisotopic (exact) mass is 311 g/mol. The minimum absolute atomic E-state index is 0.0389. The van der Waals surface area contributed by atoms with Crippen LogP contribution >= 0.6 is 23.2 Å². The first kappa shape index (κ1) is 15.4. The van der Waals surface area contributed by atoms with E-state index in [9.17, 15) is 4.79 Å². The van der Waals surface area contributed by atoms with Gasteiger partial charge in [0.2, 0.25) is 5.91 Å². The van der Waals surface area contributed by atoms with Gasteiger partial charge in [-0.05, 0) is 36.6 Å². The van der Waals surface area contributed by atoms with Crippen molar-refractivity contribution in [2.45, 2.75) is 44.6 Å². The van der Waals surface area contributed by atoms with Crippen LogP contribution in [0.2, 0.25) is 10.0 Å². The number of carbonyl (C=O) groups is 1. The standard InChI is InChI=1S/C16H19Cl2NO/c17-14-9-7-12(11-15(14)18)8-10-16(20)19-13-5-3-1-2-4-6-13/h7-11,13H,1-6H2,(H,19,20)/b10-8+. The van der Waals surface area contributed by atoms with Crippen LogP contribution in [-0.4, -0.2) is 11.9 Å². The molecular formula is C16H19Cl2NO. The van der Waals surface area contributed by atoms with Crippen LogP contribution in [0.5, 0.6) is 0 Å². The molecule has 0 atom stereocenters. The summed E-state index contributed by atoms with van der Waals surface area (Å²) in [5, 5.41) is 4.09. The first-order chi connectivity index (χ1) is 9.65. The molecule has 0 bridgehead atoms. The number of rotatable bonds is 3. The van der Waals surface area contributed by atoms with Crippen LogP contribution in [-0.2, 0) is 4.79 Å². The predicted molar refractivity (Wildman–Crippen MR) is 85.1 cm³/mol. The molecule has 108 valence electrons. The van der Waals surface area contributed by atoms with Crippen LogP contribution < -0.4 is 5.32 Å². The molecular weight excluding hydrogens is 293 g/mol. The highest BCUT2D eigenvalue weighted by molar-refractivity contribution is 6.42. The number of nitrogens with one attached hydrogen (secondary N) is 1. The number of hydrogen-bond donors (Lipinski definition) is 1. The van der Waals surface area contributed by atoms with E-state index in [0.29, 0.717) is 16.1 Å². The molecule has 2 nitrogen and oxygen atoms in total. The first-order valence-corrected chi connectivity index (χ1v) is 7.84. The van der Waals surface area contributed by atoms with Crippen LogP contribution in [0.15, 0.2) is 24.3 Å². The molecule has 1 aromatic carbocycles.